The summed E-state index contributed by atoms with van der Waals surface area (Å²) >= 11 is 0. The van der Waals surface area contributed by atoms with Gasteiger partial charge in [-0.2, -0.15) is 18.2 Å². The van der Waals surface area contributed by atoms with E-state index in [1.807, 2.05) is 6.92 Å². The van der Waals surface area contributed by atoms with Gasteiger partial charge in [-0.05, 0) is 6.42 Å². The molecule has 14 heteroatoms. The number of aromatic nitrogens is 4. The number of carbonyl (C=O) groups is 2. The molecule has 2 aromatic rings. The number of rotatable bonds is 7. The number of halogens is 3. The molecule has 0 spiro atoms. The lowest BCUT2D eigenvalue weighted by Gasteiger charge is -2.22. The van der Waals surface area contributed by atoms with Crippen LogP contribution in [0.4, 0.5) is 19.1 Å². The van der Waals surface area contributed by atoms with E-state index >= 15 is 0 Å². The van der Waals surface area contributed by atoms with Crippen molar-refractivity contribution in [1.29, 1.82) is 0 Å². The molecule has 3 rings (SSSR count). The van der Waals surface area contributed by atoms with Crippen LogP contribution in [0.2, 0.25) is 0 Å². The highest BCUT2D eigenvalue weighted by Crippen LogP contribution is 2.40. The molecule has 1 saturated heterocycles. The molecule has 188 valence electrons. The molecule has 4 atom stereocenters. The maximum absolute atomic E-state index is 13.4. The number of aromatic amines is 1. The Balaban J connectivity index is 2.21. The molecule has 0 bridgehead atoms. The van der Waals surface area contributed by atoms with Gasteiger partial charge in [0.1, 0.15) is 6.10 Å². The van der Waals surface area contributed by atoms with Gasteiger partial charge in [0.25, 0.3) is 5.56 Å². The number of amides is 1. The van der Waals surface area contributed by atoms with Gasteiger partial charge in [-0.25, -0.2) is 9.36 Å². The Kier molecular flexibility index (Phi) is 7.19. The Bertz CT molecular complexity index is 1200. The van der Waals surface area contributed by atoms with Crippen LogP contribution in [0.15, 0.2) is 9.59 Å². The second-order valence-corrected chi connectivity index (χ2v) is 8.20. The van der Waals surface area contributed by atoms with Gasteiger partial charge >= 0.3 is 17.8 Å². The number of aryl methyl sites for hydroxylation is 1. The molecule has 34 heavy (non-hydrogen) atoms. The van der Waals surface area contributed by atoms with Crippen molar-refractivity contribution in [2.24, 2.45) is 5.92 Å². The molecule has 2 aromatic heterocycles. The van der Waals surface area contributed by atoms with E-state index in [0.717, 1.165) is 23.0 Å². The van der Waals surface area contributed by atoms with Crippen LogP contribution in [0.3, 0.4) is 0 Å². The SMILES string of the molecule is CCCCn1c(=O)n([C@@H]2O[C@H]([C@H](C)C(F)(F)F)C[C@H]2OC(C)=O)c2nc(NC(C)=O)[nH]c(=O)c21. The van der Waals surface area contributed by atoms with Crippen molar-refractivity contribution in [2.75, 3.05) is 5.32 Å². The van der Waals surface area contributed by atoms with Gasteiger partial charge in [-0.15, -0.1) is 0 Å². The van der Waals surface area contributed by atoms with E-state index in [4.69, 9.17) is 9.47 Å². The zero-order valence-corrected chi connectivity index (χ0v) is 19.1. The number of unbranched alkanes of at least 4 members (excludes halogenated alkanes) is 1. The molecule has 3 heterocycles. The number of alkyl halides is 3. The first-order valence-corrected chi connectivity index (χ1v) is 10.8. The number of anilines is 1. The second kappa shape index (κ2) is 9.60. The Morgan fingerprint density at radius 2 is 2.00 bits per heavy atom. The van der Waals surface area contributed by atoms with E-state index in [9.17, 15) is 32.3 Å². The van der Waals surface area contributed by atoms with Crippen LogP contribution >= 0.6 is 0 Å². The molecule has 0 saturated carbocycles. The molecular weight excluding hydrogens is 463 g/mol. The van der Waals surface area contributed by atoms with E-state index in [0.29, 0.717) is 12.8 Å². The zero-order chi connectivity index (χ0) is 25.4. The first-order valence-electron chi connectivity index (χ1n) is 10.8. The summed E-state index contributed by atoms with van der Waals surface area (Å²) in [6, 6.07) is 0. The smallest absolute Gasteiger partial charge is 0.394 e. The Morgan fingerprint density at radius 1 is 1.32 bits per heavy atom. The van der Waals surface area contributed by atoms with E-state index in [1.165, 1.54) is 6.92 Å². The molecule has 0 aliphatic carbocycles. The van der Waals surface area contributed by atoms with E-state index in [2.05, 4.69) is 15.3 Å². The van der Waals surface area contributed by atoms with Gasteiger partial charge in [0.2, 0.25) is 11.9 Å². The van der Waals surface area contributed by atoms with Crippen molar-refractivity contribution in [3.05, 3.63) is 20.8 Å². The van der Waals surface area contributed by atoms with Crippen molar-refractivity contribution in [1.82, 2.24) is 19.1 Å². The Morgan fingerprint density at radius 3 is 2.56 bits per heavy atom. The summed E-state index contributed by atoms with van der Waals surface area (Å²) < 4.78 is 53.0. The summed E-state index contributed by atoms with van der Waals surface area (Å²) in [5.74, 6) is -3.48. The molecule has 1 fully saturated rings. The normalized spacial score (nSPS) is 21.6. The quantitative estimate of drug-likeness (QED) is 0.568. The van der Waals surface area contributed by atoms with Gasteiger partial charge in [-0.1, -0.05) is 20.3 Å². The highest BCUT2D eigenvalue weighted by atomic mass is 19.4. The van der Waals surface area contributed by atoms with Crippen molar-refractivity contribution < 1.29 is 32.2 Å². The molecule has 0 unspecified atom stereocenters. The number of esters is 1. The minimum absolute atomic E-state index is 0.134. The molecule has 1 amide bonds. The molecule has 2 N–H and O–H groups in total. The number of carbonyl (C=O) groups excluding carboxylic acids is 2. The standard InChI is InChI=1S/C20H26F3N5O6/c1-5-6-7-27-14-15(25-18(24-10(3)29)26-16(14)31)28(19(27)32)17-13(33-11(4)30)8-12(34-17)9(2)20(21,22)23/h9,12-13,17H,5-8H2,1-4H3,(H2,24,25,26,29,31)/t9-,12-,13+,17+/m0/s1. The number of H-pyrrole nitrogens is 1. The van der Waals surface area contributed by atoms with Gasteiger partial charge in [0, 0.05) is 26.8 Å². The number of imidazole rings is 1. The molecule has 1 aliphatic heterocycles. The third-order valence-corrected chi connectivity index (χ3v) is 5.58. The van der Waals surface area contributed by atoms with E-state index in [1.54, 1.807) is 0 Å². The van der Waals surface area contributed by atoms with Crippen LogP contribution in [-0.2, 0) is 25.6 Å². The van der Waals surface area contributed by atoms with E-state index in [-0.39, 0.29) is 30.1 Å². The van der Waals surface area contributed by atoms with Crippen LogP contribution in [0.5, 0.6) is 0 Å². The second-order valence-electron chi connectivity index (χ2n) is 8.20. The third-order valence-electron chi connectivity index (χ3n) is 5.58. The highest BCUT2D eigenvalue weighted by molar-refractivity contribution is 5.87. The van der Waals surface area contributed by atoms with Crippen LogP contribution < -0.4 is 16.6 Å². The maximum Gasteiger partial charge on any atom is 0.394 e. The number of hydrogen-bond donors (Lipinski definition) is 2. The van der Waals surface area contributed by atoms with Gasteiger partial charge < -0.3 is 9.47 Å². The Labute approximate surface area is 191 Å². The summed E-state index contributed by atoms with van der Waals surface area (Å²) in [6.45, 7) is 5.22. The topological polar surface area (TPSA) is 137 Å². The van der Waals surface area contributed by atoms with Crippen molar-refractivity contribution in [3.8, 4) is 0 Å². The first kappa shape index (κ1) is 25.5. The minimum atomic E-state index is -4.59. The maximum atomic E-state index is 13.4. The lowest BCUT2D eigenvalue weighted by Crippen LogP contribution is -2.34. The number of nitrogens with zero attached hydrogens (tertiary/aromatic N) is 3. The molecular formula is C20H26F3N5O6. The summed E-state index contributed by atoms with van der Waals surface area (Å²) in [5, 5.41) is 2.31. The molecule has 11 nitrogen and oxygen atoms in total. The van der Waals surface area contributed by atoms with Gasteiger partial charge in [-0.3, -0.25) is 29.3 Å². The zero-order valence-electron chi connectivity index (χ0n) is 19.1. The first-order chi connectivity index (χ1) is 15.8. The average Bonchev–Trinajstić information content (AvgIpc) is 3.22. The average molecular weight is 489 g/mol. The predicted octanol–water partition coefficient (Wildman–Crippen LogP) is 2.06. The Hall–Kier alpha value is -3.16. The summed E-state index contributed by atoms with van der Waals surface area (Å²) in [6.07, 6.45) is -7.80. The van der Waals surface area contributed by atoms with Crippen molar-refractivity contribution in [2.45, 2.75) is 78.1 Å². The van der Waals surface area contributed by atoms with Gasteiger partial charge in [0.15, 0.2) is 17.4 Å². The highest BCUT2D eigenvalue weighted by Gasteiger charge is 2.50. The number of ether oxygens (including phenoxy) is 2. The van der Waals surface area contributed by atoms with Crippen molar-refractivity contribution >= 4 is 29.0 Å². The van der Waals surface area contributed by atoms with E-state index < -0.39 is 53.7 Å². The number of hydrogen-bond acceptors (Lipinski definition) is 7. The fourth-order valence-electron chi connectivity index (χ4n) is 3.91. The summed E-state index contributed by atoms with van der Waals surface area (Å²) in [4.78, 5) is 55.8. The fourth-order valence-corrected chi connectivity index (χ4v) is 3.91. The summed E-state index contributed by atoms with van der Waals surface area (Å²) in [7, 11) is 0. The minimum Gasteiger partial charge on any atom is -0.458 e. The largest absolute Gasteiger partial charge is 0.458 e. The van der Waals surface area contributed by atoms with Crippen LogP contribution in [0.1, 0.15) is 53.2 Å². The lowest BCUT2D eigenvalue weighted by molar-refractivity contribution is -0.203. The molecule has 0 radical (unpaired) electrons. The number of nitrogens with one attached hydrogen (secondary N) is 2. The predicted molar refractivity (Wildman–Crippen MR) is 113 cm³/mol. The van der Waals surface area contributed by atoms with Crippen LogP contribution in [-0.4, -0.2) is 49.4 Å². The van der Waals surface area contributed by atoms with Crippen molar-refractivity contribution in [3.63, 3.8) is 0 Å². The molecule has 1 aliphatic rings. The molecule has 0 aromatic carbocycles. The summed E-state index contributed by atoms with van der Waals surface area (Å²) in [5.41, 5.74) is -1.84. The third kappa shape index (κ3) is 5.00. The number of fused-ring (bicyclic) bond motifs is 1. The van der Waals surface area contributed by atoms with Crippen LogP contribution in [0, 0.1) is 5.92 Å². The monoisotopic (exact) mass is 489 g/mol. The lowest BCUT2D eigenvalue weighted by atomic mass is 10.0. The van der Waals surface area contributed by atoms with Crippen LogP contribution in [0.25, 0.3) is 11.2 Å². The fraction of sp³-hybridized carbons (Fsp3) is 0.650. The van der Waals surface area contributed by atoms with Gasteiger partial charge in [0.05, 0.1) is 12.0 Å².